The molecule has 0 unspecified atom stereocenters. The smallest absolute Gasteiger partial charge is 0.255 e. The molecule has 6 rings (SSSR count). The zero-order chi connectivity index (χ0) is 30.1. The molecule has 6 aromatic rings. The summed E-state index contributed by atoms with van der Waals surface area (Å²) in [5.74, 6) is -0.573. The van der Waals surface area contributed by atoms with Crippen molar-refractivity contribution < 1.29 is 26.4 Å². The number of sulfonamides is 1. The maximum absolute atomic E-state index is 13.7. The first kappa shape index (κ1) is 28.3. The van der Waals surface area contributed by atoms with E-state index in [1.54, 1.807) is 43.8 Å². The van der Waals surface area contributed by atoms with Crippen LogP contribution in [0.3, 0.4) is 0 Å². The molecule has 3 aromatic carbocycles. The summed E-state index contributed by atoms with van der Waals surface area (Å²) in [7, 11) is -2.23. The van der Waals surface area contributed by atoms with Gasteiger partial charge in [0, 0.05) is 36.3 Å². The molecule has 0 fully saturated rings. The first-order chi connectivity index (χ1) is 20.8. The lowest BCUT2D eigenvalue weighted by Gasteiger charge is -2.13. The highest BCUT2D eigenvalue weighted by molar-refractivity contribution is 7.88. The van der Waals surface area contributed by atoms with E-state index >= 15 is 0 Å². The largest absolute Gasteiger partial charge is 0.455 e. The highest BCUT2D eigenvalue weighted by Crippen LogP contribution is 2.39. The Bertz CT molecular complexity index is 2050. The number of carbonyl (C=O) groups is 1. The summed E-state index contributed by atoms with van der Waals surface area (Å²) >= 11 is 0. The van der Waals surface area contributed by atoms with Gasteiger partial charge in [0.25, 0.3) is 5.91 Å². The van der Waals surface area contributed by atoms with Crippen LogP contribution < -0.4 is 10.0 Å². The van der Waals surface area contributed by atoms with E-state index in [0.29, 0.717) is 55.9 Å². The first-order valence-electron chi connectivity index (χ1n) is 13.4. The van der Waals surface area contributed by atoms with Crippen molar-refractivity contribution in [2.45, 2.75) is 12.7 Å². The zero-order valence-electron chi connectivity index (χ0n) is 23.2. The van der Waals surface area contributed by atoms with Crippen LogP contribution in [0.25, 0.3) is 56.1 Å². The third-order valence-corrected chi connectivity index (χ3v) is 8.21. The van der Waals surface area contributed by atoms with Crippen molar-refractivity contribution in [2.75, 3.05) is 13.6 Å². The quantitative estimate of drug-likeness (QED) is 0.206. The van der Waals surface area contributed by atoms with E-state index < -0.39 is 21.7 Å². The monoisotopic (exact) mass is 597 g/mol. The number of rotatable bonds is 9. The minimum atomic E-state index is -3.74. The molecule has 0 aliphatic rings. The third kappa shape index (κ3) is 5.64. The first-order valence-corrected chi connectivity index (χ1v) is 15.1. The van der Waals surface area contributed by atoms with Crippen molar-refractivity contribution in [1.82, 2.24) is 20.0 Å². The Hall–Kier alpha value is -4.87. The predicted octanol–water partition coefficient (Wildman–Crippen LogP) is 6.11. The summed E-state index contributed by atoms with van der Waals surface area (Å²) in [6.45, 7) is 1.94. The van der Waals surface area contributed by atoms with Gasteiger partial charge in [-0.05, 0) is 83.8 Å². The number of nitrogens with zero attached hydrogens (tertiary/aromatic N) is 2. The summed E-state index contributed by atoms with van der Waals surface area (Å²) < 4.78 is 54.5. The molecule has 0 aliphatic carbocycles. The predicted molar refractivity (Wildman–Crippen MR) is 162 cm³/mol. The van der Waals surface area contributed by atoms with E-state index in [9.17, 15) is 17.6 Å². The highest BCUT2D eigenvalue weighted by Gasteiger charge is 2.25. The van der Waals surface area contributed by atoms with Crippen LogP contribution in [0.2, 0.25) is 0 Å². The lowest BCUT2D eigenvalue weighted by atomic mass is 9.95. The summed E-state index contributed by atoms with van der Waals surface area (Å²) in [5.41, 5.74) is 4.44. The molecule has 9 nitrogen and oxygen atoms in total. The van der Waals surface area contributed by atoms with Crippen molar-refractivity contribution >= 4 is 38.1 Å². The Kier molecular flexibility index (Phi) is 7.51. The average molecular weight is 598 g/mol. The van der Waals surface area contributed by atoms with Gasteiger partial charge in [0.15, 0.2) is 11.2 Å². The normalized spacial score (nSPS) is 11.8. The standard InChI is InChI=1S/C32H26FN4O5S/c1-3-13-36-43(39,40)18-22-16-27-25(28(31(38)34-2)29(41-27)19-9-11-23(33)12-10-19)17-24(22)20-6-4-7-21(15-20)32-37-30-26(42-32)8-5-14-35-30/h3-12,14-17,36H,13,18H2,1-2H3,(H,34,38). The van der Waals surface area contributed by atoms with Gasteiger partial charge >= 0.3 is 0 Å². The molecule has 3 aromatic heterocycles. The maximum Gasteiger partial charge on any atom is 0.255 e. The number of furan rings is 1. The van der Waals surface area contributed by atoms with Gasteiger partial charge in [-0.1, -0.05) is 19.1 Å². The molecule has 0 spiro atoms. The van der Waals surface area contributed by atoms with Crippen LogP contribution in [-0.4, -0.2) is 37.9 Å². The molecule has 0 saturated carbocycles. The average Bonchev–Trinajstić information content (AvgIpc) is 3.61. The number of nitrogens with one attached hydrogen (secondary N) is 2. The number of aromatic nitrogens is 2. The van der Waals surface area contributed by atoms with Gasteiger partial charge in [-0.3, -0.25) is 4.79 Å². The zero-order valence-corrected chi connectivity index (χ0v) is 24.0. The van der Waals surface area contributed by atoms with E-state index in [1.165, 1.54) is 31.3 Å². The summed E-state index contributed by atoms with van der Waals surface area (Å²) in [5, 5.41) is 3.12. The molecule has 0 atom stereocenters. The van der Waals surface area contributed by atoms with Gasteiger partial charge in [-0.15, -0.1) is 0 Å². The number of amides is 1. The van der Waals surface area contributed by atoms with Crippen LogP contribution in [0.15, 0.2) is 87.8 Å². The second kappa shape index (κ2) is 11.4. The maximum atomic E-state index is 13.7. The molecule has 0 saturated heterocycles. The van der Waals surface area contributed by atoms with Crippen molar-refractivity contribution in [1.29, 1.82) is 0 Å². The van der Waals surface area contributed by atoms with Gasteiger partial charge in [0.2, 0.25) is 15.9 Å². The number of pyridine rings is 1. The number of benzene rings is 3. The minimum absolute atomic E-state index is 0.178. The van der Waals surface area contributed by atoms with Crippen LogP contribution in [-0.2, 0) is 15.8 Å². The molecular weight excluding hydrogens is 571 g/mol. The molecule has 0 bridgehead atoms. The number of hydrogen-bond acceptors (Lipinski definition) is 7. The fourth-order valence-corrected chi connectivity index (χ4v) is 6.08. The molecule has 2 N–H and O–H groups in total. The summed E-state index contributed by atoms with van der Waals surface area (Å²) in [4.78, 5) is 21.9. The molecule has 0 aliphatic heterocycles. The van der Waals surface area contributed by atoms with E-state index in [2.05, 4.69) is 20.0 Å². The number of fused-ring (bicyclic) bond motifs is 2. The molecule has 43 heavy (non-hydrogen) atoms. The summed E-state index contributed by atoms with van der Waals surface area (Å²) in [6, 6.07) is 19.9. The molecular formula is C32H26FN4O5S. The lowest BCUT2D eigenvalue weighted by Crippen LogP contribution is -2.26. The van der Waals surface area contributed by atoms with E-state index in [4.69, 9.17) is 8.83 Å². The van der Waals surface area contributed by atoms with Crippen LogP contribution >= 0.6 is 0 Å². The third-order valence-electron chi connectivity index (χ3n) is 6.91. The molecule has 3 heterocycles. The van der Waals surface area contributed by atoms with Gasteiger partial charge in [-0.2, -0.15) is 4.98 Å². The van der Waals surface area contributed by atoms with Gasteiger partial charge in [-0.25, -0.2) is 22.5 Å². The Labute approximate surface area is 246 Å². The van der Waals surface area contributed by atoms with Crippen LogP contribution in [0.4, 0.5) is 4.39 Å². The van der Waals surface area contributed by atoms with E-state index in [0.717, 1.165) is 0 Å². The van der Waals surface area contributed by atoms with Gasteiger partial charge in [0.1, 0.15) is 17.2 Å². The van der Waals surface area contributed by atoms with E-state index in [1.807, 2.05) is 24.3 Å². The second-order valence-corrected chi connectivity index (χ2v) is 11.6. The van der Waals surface area contributed by atoms with Crippen molar-refractivity contribution in [3.05, 3.63) is 102 Å². The van der Waals surface area contributed by atoms with Crippen LogP contribution in [0, 0.1) is 12.2 Å². The van der Waals surface area contributed by atoms with Crippen LogP contribution in [0.5, 0.6) is 0 Å². The SMILES string of the molecule is C[CH]CNS(=O)(=O)Cc1cc2oc(-c3ccc(F)cc3)c(C(=O)NC)c2cc1-c1cccc(-c2nc3ncccc3o2)c1. The molecule has 217 valence electrons. The number of halogens is 1. The molecule has 1 amide bonds. The molecule has 1 radical (unpaired) electrons. The summed E-state index contributed by atoms with van der Waals surface area (Å²) in [6.07, 6.45) is 3.34. The topological polar surface area (TPSA) is 127 Å². The van der Waals surface area contributed by atoms with E-state index in [-0.39, 0.29) is 23.6 Å². The van der Waals surface area contributed by atoms with Crippen molar-refractivity contribution in [3.63, 3.8) is 0 Å². The Morgan fingerprint density at radius 1 is 0.953 bits per heavy atom. The highest BCUT2D eigenvalue weighted by atomic mass is 32.2. The Morgan fingerprint density at radius 3 is 2.49 bits per heavy atom. The van der Waals surface area contributed by atoms with Gasteiger partial charge in [0.05, 0.1) is 11.3 Å². The van der Waals surface area contributed by atoms with Crippen LogP contribution in [0.1, 0.15) is 22.8 Å². The Balaban J connectivity index is 1.56. The van der Waals surface area contributed by atoms with Crippen molar-refractivity contribution in [3.8, 4) is 33.9 Å². The fraction of sp³-hybridized carbons (Fsp3) is 0.125. The molecule has 11 heteroatoms. The van der Waals surface area contributed by atoms with Gasteiger partial charge < -0.3 is 14.2 Å². The minimum Gasteiger partial charge on any atom is -0.455 e. The Morgan fingerprint density at radius 2 is 1.74 bits per heavy atom. The number of hydrogen-bond donors (Lipinski definition) is 2. The number of oxazole rings is 1. The lowest BCUT2D eigenvalue weighted by molar-refractivity contribution is 0.0964. The fourth-order valence-electron chi connectivity index (χ4n) is 4.91. The second-order valence-electron chi connectivity index (χ2n) is 9.84. The number of carbonyl (C=O) groups excluding carboxylic acids is 1. The van der Waals surface area contributed by atoms with Crippen molar-refractivity contribution in [2.24, 2.45) is 0 Å².